The van der Waals surface area contributed by atoms with Gasteiger partial charge in [0.1, 0.15) is 11.5 Å². The summed E-state index contributed by atoms with van der Waals surface area (Å²) in [6.45, 7) is 3.62. The Morgan fingerprint density at radius 1 is 1.11 bits per heavy atom. The number of hydrogen-bond acceptors (Lipinski definition) is 8. The lowest BCUT2D eigenvalue weighted by molar-refractivity contribution is 0.0594. The molecule has 2 N–H and O–H groups in total. The number of carbonyl (C=O) groups is 1. The number of halogens is 1. The van der Waals surface area contributed by atoms with Gasteiger partial charge >= 0.3 is 11.7 Å². The van der Waals surface area contributed by atoms with Crippen LogP contribution in [0.5, 0.6) is 0 Å². The van der Waals surface area contributed by atoms with Crippen molar-refractivity contribution in [2.75, 3.05) is 12.8 Å². The first-order chi connectivity index (χ1) is 18.3. The van der Waals surface area contributed by atoms with E-state index in [0.717, 1.165) is 11.8 Å². The SMILES string of the molecule is CCC(c1ccc(F)cn1)n1nc2c(-c3cc(C)nc(C(=O)OC)c3)c(-c3ccccc3)nc(N)n2c1=O. The first kappa shape index (κ1) is 24.8. The van der Waals surface area contributed by atoms with Gasteiger partial charge in [-0.3, -0.25) is 4.98 Å². The molecule has 38 heavy (non-hydrogen) atoms. The molecule has 0 bridgehead atoms. The fraction of sp³-hybridized carbons (Fsp3) is 0.185. The molecule has 11 heteroatoms. The number of pyridine rings is 2. The maximum atomic E-state index is 13.7. The molecule has 5 rings (SSSR count). The first-order valence-electron chi connectivity index (χ1n) is 11.9. The van der Waals surface area contributed by atoms with Crippen LogP contribution in [0.2, 0.25) is 0 Å². The molecular formula is C27H24FN7O3. The predicted molar refractivity (Wildman–Crippen MR) is 139 cm³/mol. The van der Waals surface area contributed by atoms with Crippen LogP contribution in [0.4, 0.5) is 10.3 Å². The van der Waals surface area contributed by atoms with Gasteiger partial charge in [0, 0.05) is 11.3 Å². The van der Waals surface area contributed by atoms with Crippen LogP contribution in [0.25, 0.3) is 28.0 Å². The van der Waals surface area contributed by atoms with Gasteiger partial charge in [-0.1, -0.05) is 37.3 Å². The standard InChI is InChI=1S/C27H24FN7O3/c1-4-21(19-11-10-18(28)14-30-19)35-27(37)34-24(33-35)22(17-12-15(2)31-20(13-17)25(36)38-3)23(32-26(34)29)16-8-6-5-7-9-16/h5-14,21H,4H2,1-3H3,(H2,29,32). The van der Waals surface area contributed by atoms with E-state index in [1.807, 2.05) is 37.3 Å². The summed E-state index contributed by atoms with van der Waals surface area (Å²) in [6, 6.07) is 14.9. The molecule has 0 aliphatic rings. The molecule has 0 saturated carbocycles. The molecule has 0 amide bonds. The number of nitrogens with zero attached hydrogens (tertiary/aromatic N) is 6. The number of ether oxygens (including phenoxy) is 1. The zero-order valence-corrected chi connectivity index (χ0v) is 20.9. The van der Waals surface area contributed by atoms with Gasteiger partial charge in [-0.25, -0.2) is 33.0 Å². The van der Waals surface area contributed by atoms with Crippen LogP contribution in [0.3, 0.4) is 0 Å². The fourth-order valence-corrected chi connectivity index (χ4v) is 4.46. The number of aromatic nitrogens is 6. The van der Waals surface area contributed by atoms with Gasteiger partial charge in [-0.2, -0.15) is 0 Å². The summed E-state index contributed by atoms with van der Waals surface area (Å²) in [5, 5.41) is 4.71. The molecule has 4 heterocycles. The second kappa shape index (κ2) is 9.85. The lowest BCUT2D eigenvalue weighted by Crippen LogP contribution is -2.27. The predicted octanol–water partition coefficient (Wildman–Crippen LogP) is 3.83. The number of nitrogen functional groups attached to an aromatic ring is 1. The van der Waals surface area contributed by atoms with Crippen molar-refractivity contribution in [2.45, 2.75) is 26.3 Å². The Hall–Kier alpha value is -4.93. The van der Waals surface area contributed by atoms with E-state index in [-0.39, 0.29) is 17.3 Å². The second-order valence-corrected chi connectivity index (χ2v) is 8.65. The van der Waals surface area contributed by atoms with Crippen LogP contribution >= 0.6 is 0 Å². The zero-order valence-electron chi connectivity index (χ0n) is 20.9. The van der Waals surface area contributed by atoms with E-state index in [1.54, 1.807) is 19.1 Å². The average Bonchev–Trinajstić information content (AvgIpc) is 3.26. The van der Waals surface area contributed by atoms with E-state index in [0.29, 0.717) is 34.6 Å². The molecule has 0 spiro atoms. The molecule has 1 aromatic carbocycles. The lowest BCUT2D eigenvalue weighted by atomic mass is 9.99. The molecule has 10 nitrogen and oxygen atoms in total. The number of anilines is 1. The Balaban J connectivity index is 1.85. The Morgan fingerprint density at radius 3 is 2.53 bits per heavy atom. The van der Waals surface area contributed by atoms with Crippen LogP contribution in [-0.4, -0.2) is 42.2 Å². The maximum Gasteiger partial charge on any atom is 0.356 e. The quantitative estimate of drug-likeness (QED) is 0.339. The molecule has 1 atom stereocenters. The highest BCUT2D eigenvalue weighted by atomic mass is 19.1. The highest BCUT2D eigenvalue weighted by molar-refractivity contribution is 5.94. The van der Waals surface area contributed by atoms with E-state index in [2.05, 4.69) is 15.0 Å². The molecule has 0 radical (unpaired) electrons. The van der Waals surface area contributed by atoms with Crippen LogP contribution in [-0.2, 0) is 4.74 Å². The highest BCUT2D eigenvalue weighted by Crippen LogP contribution is 2.35. The van der Waals surface area contributed by atoms with Gasteiger partial charge in [-0.15, -0.1) is 5.10 Å². The third-order valence-electron chi connectivity index (χ3n) is 6.17. The summed E-state index contributed by atoms with van der Waals surface area (Å²) in [6.07, 6.45) is 1.55. The van der Waals surface area contributed by atoms with Crippen molar-refractivity contribution >= 4 is 17.6 Å². The highest BCUT2D eigenvalue weighted by Gasteiger charge is 2.26. The van der Waals surface area contributed by atoms with Crippen molar-refractivity contribution in [3.8, 4) is 22.4 Å². The minimum absolute atomic E-state index is 0.0558. The number of methoxy groups -OCH3 is 1. The molecule has 1 unspecified atom stereocenters. The number of carbonyl (C=O) groups excluding carboxylic acids is 1. The average molecular weight is 514 g/mol. The van der Waals surface area contributed by atoms with Gasteiger partial charge in [-0.05, 0) is 43.2 Å². The Bertz CT molecular complexity index is 1710. The number of hydrogen-bond donors (Lipinski definition) is 1. The van der Waals surface area contributed by atoms with Gasteiger partial charge in [0.25, 0.3) is 0 Å². The van der Waals surface area contributed by atoms with Crippen LogP contribution in [0.1, 0.15) is 41.3 Å². The maximum absolute atomic E-state index is 13.7. The van der Waals surface area contributed by atoms with Crippen molar-refractivity contribution in [1.29, 1.82) is 0 Å². The monoisotopic (exact) mass is 513 g/mol. The van der Waals surface area contributed by atoms with Crippen molar-refractivity contribution < 1.29 is 13.9 Å². The minimum atomic E-state index is -0.605. The molecular weight excluding hydrogens is 489 g/mol. The summed E-state index contributed by atoms with van der Waals surface area (Å²) in [7, 11) is 1.28. The molecule has 4 aromatic heterocycles. The second-order valence-electron chi connectivity index (χ2n) is 8.65. The van der Waals surface area contributed by atoms with Crippen molar-refractivity contribution in [1.82, 2.24) is 29.1 Å². The van der Waals surface area contributed by atoms with Crippen LogP contribution < -0.4 is 11.4 Å². The number of benzene rings is 1. The molecule has 5 aromatic rings. The van der Waals surface area contributed by atoms with Crippen LogP contribution in [0, 0.1) is 12.7 Å². The molecule has 192 valence electrons. The van der Waals surface area contributed by atoms with Crippen LogP contribution in [0.15, 0.2) is 65.6 Å². The largest absolute Gasteiger partial charge is 0.464 e. The smallest absolute Gasteiger partial charge is 0.356 e. The molecule has 0 aliphatic heterocycles. The molecule has 0 aliphatic carbocycles. The zero-order chi connectivity index (χ0) is 27.0. The Labute approximate surface area is 216 Å². The molecule has 0 saturated heterocycles. The van der Waals surface area contributed by atoms with Crippen molar-refractivity contribution in [2.24, 2.45) is 0 Å². The number of esters is 1. The number of aryl methyl sites for hydroxylation is 1. The van der Waals surface area contributed by atoms with E-state index in [1.165, 1.54) is 28.3 Å². The minimum Gasteiger partial charge on any atom is -0.464 e. The third-order valence-corrected chi connectivity index (χ3v) is 6.17. The van der Waals surface area contributed by atoms with E-state index >= 15 is 0 Å². The van der Waals surface area contributed by atoms with Gasteiger partial charge < -0.3 is 10.5 Å². The van der Waals surface area contributed by atoms with E-state index < -0.39 is 23.5 Å². The lowest BCUT2D eigenvalue weighted by Gasteiger charge is -2.13. The Morgan fingerprint density at radius 2 is 1.87 bits per heavy atom. The Kier molecular flexibility index (Phi) is 6.41. The molecule has 0 fully saturated rings. The van der Waals surface area contributed by atoms with Crippen molar-refractivity contribution in [3.05, 3.63) is 94.2 Å². The summed E-state index contributed by atoms with van der Waals surface area (Å²) in [5.74, 6) is -1.14. The topological polar surface area (TPSA) is 130 Å². The van der Waals surface area contributed by atoms with Gasteiger partial charge in [0.2, 0.25) is 5.95 Å². The summed E-state index contributed by atoms with van der Waals surface area (Å²) < 4.78 is 20.9. The first-order valence-corrected chi connectivity index (χ1v) is 11.9. The number of fused-ring (bicyclic) bond motifs is 1. The fourth-order valence-electron chi connectivity index (χ4n) is 4.46. The summed E-state index contributed by atoms with van der Waals surface area (Å²) in [4.78, 5) is 39.1. The van der Waals surface area contributed by atoms with E-state index in [9.17, 15) is 14.0 Å². The number of nitrogens with two attached hydrogens (primary N) is 1. The van der Waals surface area contributed by atoms with E-state index in [4.69, 9.17) is 15.6 Å². The number of rotatable bonds is 6. The third kappa shape index (κ3) is 4.27. The van der Waals surface area contributed by atoms with Crippen molar-refractivity contribution in [3.63, 3.8) is 0 Å². The van der Waals surface area contributed by atoms with Gasteiger partial charge in [0.05, 0.1) is 36.3 Å². The summed E-state index contributed by atoms with van der Waals surface area (Å²) in [5.41, 5.74) is 9.43. The normalized spacial score (nSPS) is 12.0. The summed E-state index contributed by atoms with van der Waals surface area (Å²) >= 11 is 0. The van der Waals surface area contributed by atoms with Gasteiger partial charge in [0.15, 0.2) is 5.65 Å².